The fraction of sp³-hybridized carbons (Fsp3) is 1.00. The second kappa shape index (κ2) is 6.36. The highest BCUT2D eigenvalue weighted by molar-refractivity contribution is 4.86. The van der Waals surface area contributed by atoms with Gasteiger partial charge in [-0.25, -0.2) is 0 Å². The lowest BCUT2D eigenvalue weighted by Gasteiger charge is -2.41. The first kappa shape index (κ1) is 14.3. The molecule has 1 unspecified atom stereocenters. The monoisotopic (exact) mass is 253 g/mol. The van der Waals surface area contributed by atoms with E-state index in [1.165, 1.54) is 58.3 Å². The van der Waals surface area contributed by atoms with Gasteiger partial charge in [-0.2, -0.15) is 0 Å². The zero-order chi connectivity index (χ0) is 13.0. The van der Waals surface area contributed by atoms with Crippen LogP contribution in [0.4, 0.5) is 0 Å². The second-order valence-corrected chi connectivity index (χ2v) is 6.98. The molecule has 0 bridgehead atoms. The van der Waals surface area contributed by atoms with Gasteiger partial charge in [-0.15, -0.1) is 0 Å². The third-order valence-electron chi connectivity index (χ3n) is 4.49. The lowest BCUT2D eigenvalue weighted by atomic mass is 9.97. The van der Waals surface area contributed by atoms with Crippen molar-refractivity contribution in [2.24, 2.45) is 0 Å². The largest absolute Gasteiger partial charge is 0.317 e. The highest BCUT2D eigenvalue weighted by atomic mass is 15.2. The summed E-state index contributed by atoms with van der Waals surface area (Å²) in [6.45, 7) is 11.9. The minimum atomic E-state index is 0.344. The van der Waals surface area contributed by atoms with Crippen LogP contribution in [-0.2, 0) is 0 Å². The molecule has 0 amide bonds. The Hall–Kier alpha value is -0.120. The van der Waals surface area contributed by atoms with E-state index in [1.54, 1.807) is 0 Å². The number of nitrogens with zero attached hydrogens (tertiary/aromatic N) is 1. The van der Waals surface area contributed by atoms with E-state index in [1.807, 2.05) is 0 Å². The van der Waals surface area contributed by atoms with E-state index >= 15 is 0 Å². The smallest absolute Gasteiger partial charge is 0.0125 e. The van der Waals surface area contributed by atoms with Gasteiger partial charge in [-0.1, -0.05) is 0 Å². The zero-order valence-electron chi connectivity index (χ0n) is 12.5. The third-order valence-corrected chi connectivity index (χ3v) is 4.49. The molecular weight excluding hydrogens is 222 g/mol. The van der Waals surface area contributed by atoms with Gasteiger partial charge < -0.3 is 10.6 Å². The van der Waals surface area contributed by atoms with Gasteiger partial charge in [0, 0.05) is 30.7 Å². The quantitative estimate of drug-likeness (QED) is 0.788. The van der Waals surface area contributed by atoms with E-state index in [9.17, 15) is 0 Å². The molecule has 0 aromatic carbocycles. The molecule has 0 radical (unpaired) electrons. The summed E-state index contributed by atoms with van der Waals surface area (Å²) in [5.74, 6) is 0. The Morgan fingerprint density at radius 2 is 1.61 bits per heavy atom. The molecule has 106 valence electrons. The minimum Gasteiger partial charge on any atom is -0.317 e. The van der Waals surface area contributed by atoms with Crippen LogP contribution in [0.3, 0.4) is 0 Å². The molecule has 3 nitrogen and oxygen atoms in total. The van der Waals surface area contributed by atoms with Gasteiger partial charge in [0.1, 0.15) is 0 Å². The maximum atomic E-state index is 3.90. The van der Waals surface area contributed by atoms with Crippen LogP contribution in [-0.4, -0.2) is 48.7 Å². The number of rotatable bonds is 2. The van der Waals surface area contributed by atoms with E-state index in [2.05, 4.69) is 36.3 Å². The average molecular weight is 253 g/mol. The lowest BCUT2D eigenvalue weighted by Crippen LogP contribution is -2.51. The molecule has 0 spiro atoms. The Labute approximate surface area is 113 Å². The van der Waals surface area contributed by atoms with Gasteiger partial charge in [-0.3, -0.25) is 4.90 Å². The van der Waals surface area contributed by atoms with Crippen LogP contribution < -0.4 is 10.6 Å². The fourth-order valence-corrected chi connectivity index (χ4v) is 3.24. The van der Waals surface area contributed by atoms with E-state index < -0.39 is 0 Å². The zero-order valence-corrected chi connectivity index (χ0v) is 12.5. The first-order chi connectivity index (χ1) is 8.55. The molecule has 2 saturated heterocycles. The fourth-order valence-electron chi connectivity index (χ4n) is 3.24. The first-order valence-corrected chi connectivity index (χ1v) is 7.77. The summed E-state index contributed by atoms with van der Waals surface area (Å²) in [4.78, 5) is 2.62. The topological polar surface area (TPSA) is 27.3 Å². The summed E-state index contributed by atoms with van der Waals surface area (Å²) in [5.41, 5.74) is 0.344. The Balaban J connectivity index is 1.72. The molecule has 0 aromatic heterocycles. The van der Waals surface area contributed by atoms with Gasteiger partial charge in [0.25, 0.3) is 0 Å². The van der Waals surface area contributed by atoms with Crippen molar-refractivity contribution in [2.45, 2.75) is 70.5 Å². The molecule has 2 heterocycles. The van der Waals surface area contributed by atoms with Gasteiger partial charge >= 0.3 is 0 Å². The minimum absolute atomic E-state index is 0.344. The van der Waals surface area contributed by atoms with Gasteiger partial charge in [-0.05, 0) is 66.0 Å². The van der Waals surface area contributed by atoms with Crippen molar-refractivity contribution >= 4 is 0 Å². The molecule has 0 saturated carbocycles. The molecule has 2 fully saturated rings. The number of hydrogen-bond acceptors (Lipinski definition) is 3. The summed E-state index contributed by atoms with van der Waals surface area (Å²) in [5, 5.41) is 7.40. The molecule has 0 aliphatic carbocycles. The third kappa shape index (κ3) is 4.22. The number of nitrogens with one attached hydrogen (secondary N) is 2. The van der Waals surface area contributed by atoms with Crippen molar-refractivity contribution < 1.29 is 0 Å². The summed E-state index contributed by atoms with van der Waals surface area (Å²) < 4.78 is 0. The Morgan fingerprint density at radius 1 is 0.944 bits per heavy atom. The average Bonchev–Trinajstić information content (AvgIpc) is 2.57. The summed E-state index contributed by atoms with van der Waals surface area (Å²) >= 11 is 0. The number of hydrogen-bond donors (Lipinski definition) is 2. The molecule has 1 atom stereocenters. The van der Waals surface area contributed by atoms with E-state index in [0.717, 1.165) is 12.1 Å². The number of likely N-dealkylation sites (tertiary alicyclic amines) is 1. The van der Waals surface area contributed by atoms with Crippen molar-refractivity contribution in [2.75, 3.05) is 26.2 Å². The SMILES string of the molecule is CC(C)(C)N1CCC(NC2CCCNCC2)CC1. The van der Waals surface area contributed by atoms with Crippen LogP contribution >= 0.6 is 0 Å². The van der Waals surface area contributed by atoms with Crippen molar-refractivity contribution in [3.63, 3.8) is 0 Å². The predicted molar refractivity (Wildman–Crippen MR) is 78.0 cm³/mol. The van der Waals surface area contributed by atoms with Crippen molar-refractivity contribution in [1.29, 1.82) is 0 Å². The Kier molecular flexibility index (Phi) is 5.05. The van der Waals surface area contributed by atoms with E-state index in [-0.39, 0.29) is 0 Å². The second-order valence-electron chi connectivity index (χ2n) is 6.98. The highest BCUT2D eigenvalue weighted by Crippen LogP contribution is 2.21. The van der Waals surface area contributed by atoms with Crippen LogP contribution in [0.1, 0.15) is 52.9 Å². The van der Waals surface area contributed by atoms with Crippen molar-refractivity contribution in [1.82, 2.24) is 15.5 Å². The Morgan fingerprint density at radius 3 is 2.28 bits per heavy atom. The maximum absolute atomic E-state index is 3.90. The molecule has 2 N–H and O–H groups in total. The van der Waals surface area contributed by atoms with Crippen LogP contribution in [0.25, 0.3) is 0 Å². The van der Waals surface area contributed by atoms with Crippen LogP contribution in [0.2, 0.25) is 0 Å². The van der Waals surface area contributed by atoms with E-state index in [4.69, 9.17) is 0 Å². The summed E-state index contributed by atoms with van der Waals surface area (Å²) in [6.07, 6.45) is 6.63. The highest BCUT2D eigenvalue weighted by Gasteiger charge is 2.27. The molecule has 2 rings (SSSR count). The summed E-state index contributed by atoms with van der Waals surface area (Å²) in [7, 11) is 0. The lowest BCUT2D eigenvalue weighted by molar-refractivity contribution is 0.0933. The van der Waals surface area contributed by atoms with Crippen molar-refractivity contribution in [3.8, 4) is 0 Å². The molecule has 3 heteroatoms. The van der Waals surface area contributed by atoms with E-state index in [0.29, 0.717) is 5.54 Å². The molecule has 0 aromatic rings. The standard InChI is InChI=1S/C15H31N3/c1-15(2,3)18-11-7-14(8-12-18)17-13-5-4-9-16-10-6-13/h13-14,16-17H,4-12H2,1-3H3. The predicted octanol–water partition coefficient (Wildman–Crippen LogP) is 1.98. The summed E-state index contributed by atoms with van der Waals surface area (Å²) in [6, 6.07) is 1.51. The molecule has 2 aliphatic rings. The Bertz CT molecular complexity index is 231. The van der Waals surface area contributed by atoms with Gasteiger partial charge in [0.05, 0.1) is 0 Å². The van der Waals surface area contributed by atoms with Crippen molar-refractivity contribution in [3.05, 3.63) is 0 Å². The van der Waals surface area contributed by atoms with Crippen LogP contribution in [0, 0.1) is 0 Å². The molecular formula is C15H31N3. The van der Waals surface area contributed by atoms with Gasteiger partial charge in [0.15, 0.2) is 0 Å². The maximum Gasteiger partial charge on any atom is 0.0125 e. The number of piperidine rings is 1. The molecule has 18 heavy (non-hydrogen) atoms. The van der Waals surface area contributed by atoms with Gasteiger partial charge in [0.2, 0.25) is 0 Å². The van der Waals surface area contributed by atoms with Crippen LogP contribution in [0.15, 0.2) is 0 Å². The molecule has 2 aliphatic heterocycles. The first-order valence-electron chi connectivity index (χ1n) is 7.77. The van der Waals surface area contributed by atoms with Crippen LogP contribution in [0.5, 0.6) is 0 Å². The normalized spacial score (nSPS) is 29.2.